The second kappa shape index (κ2) is 5.30. The van der Waals surface area contributed by atoms with Crippen LogP contribution in [-0.2, 0) is 9.84 Å². The van der Waals surface area contributed by atoms with Crippen molar-refractivity contribution in [2.45, 2.75) is 12.5 Å². The van der Waals surface area contributed by atoms with E-state index in [1.165, 1.54) is 0 Å². The van der Waals surface area contributed by atoms with E-state index in [9.17, 15) is 8.42 Å². The maximum atomic E-state index is 11.6. The van der Waals surface area contributed by atoms with E-state index < -0.39 is 9.84 Å². The van der Waals surface area contributed by atoms with Gasteiger partial charge in [-0.1, -0.05) is 33.6 Å². The van der Waals surface area contributed by atoms with Gasteiger partial charge in [-0.15, -0.1) is 0 Å². The molecule has 1 saturated heterocycles. The summed E-state index contributed by atoms with van der Waals surface area (Å²) in [5.74, 6) is 0.313. The van der Waals surface area contributed by atoms with E-state index in [4.69, 9.17) is 17.3 Å². The average molecular weight is 391 g/mol. The Bertz CT molecular complexity index is 804. The number of nitrogens with zero attached hydrogens (tertiary/aromatic N) is 2. The van der Waals surface area contributed by atoms with Crippen LogP contribution >= 0.6 is 27.5 Å². The fraction of sp³-hybridized carbons (Fsp3) is 0.308. The molecule has 1 aromatic heterocycles. The third-order valence-corrected chi connectivity index (χ3v) is 6.09. The van der Waals surface area contributed by atoms with Crippen LogP contribution in [0, 0.1) is 0 Å². The molecule has 0 bridgehead atoms. The number of hydrogen-bond acceptors (Lipinski definition) is 4. The van der Waals surface area contributed by atoms with Crippen molar-refractivity contribution in [1.82, 2.24) is 9.78 Å². The van der Waals surface area contributed by atoms with E-state index >= 15 is 0 Å². The SMILES string of the molecule is Nc1cn(C2CCS(=O)(=O)C2)nc1-c1ccc(Br)cc1Cl. The van der Waals surface area contributed by atoms with Gasteiger partial charge >= 0.3 is 0 Å². The Balaban J connectivity index is 1.99. The number of nitrogen functional groups attached to an aromatic ring is 1. The smallest absolute Gasteiger partial charge is 0.152 e. The molecule has 0 spiro atoms. The molecule has 1 aliphatic rings. The largest absolute Gasteiger partial charge is 0.396 e. The van der Waals surface area contributed by atoms with Gasteiger partial charge in [-0.2, -0.15) is 5.10 Å². The Kier molecular flexibility index (Phi) is 3.75. The molecule has 112 valence electrons. The highest BCUT2D eigenvalue weighted by Crippen LogP contribution is 2.34. The molecule has 1 atom stereocenters. The molecule has 2 heterocycles. The molecule has 0 aliphatic carbocycles. The zero-order valence-electron chi connectivity index (χ0n) is 11.0. The monoisotopic (exact) mass is 389 g/mol. The number of hydrogen-bond donors (Lipinski definition) is 1. The molecule has 0 saturated carbocycles. The summed E-state index contributed by atoms with van der Waals surface area (Å²) in [6, 6.07) is 5.32. The molecular weight excluding hydrogens is 378 g/mol. The number of sulfone groups is 1. The highest BCUT2D eigenvalue weighted by atomic mass is 79.9. The fourth-order valence-corrected chi connectivity index (χ4v) is 4.93. The van der Waals surface area contributed by atoms with Crippen molar-refractivity contribution < 1.29 is 8.42 Å². The summed E-state index contributed by atoms with van der Waals surface area (Å²) >= 11 is 9.57. The van der Waals surface area contributed by atoms with Crippen LogP contribution in [0.15, 0.2) is 28.9 Å². The van der Waals surface area contributed by atoms with Gasteiger partial charge in [0, 0.05) is 16.2 Å². The van der Waals surface area contributed by atoms with Gasteiger partial charge in [-0.05, 0) is 18.6 Å². The van der Waals surface area contributed by atoms with Crippen molar-refractivity contribution in [2.75, 3.05) is 17.2 Å². The van der Waals surface area contributed by atoms with Gasteiger partial charge in [0.05, 0.1) is 28.3 Å². The molecule has 5 nitrogen and oxygen atoms in total. The molecule has 2 aromatic rings. The first-order chi connectivity index (χ1) is 9.85. The van der Waals surface area contributed by atoms with Crippen molar-refractivity contribution in [3.8, 4) is 11.3 Å². The van der Waals surface area contributed by atoms with Crippen LogP contribution < -0.4 is 5.73 Å². The lowest BCUT2D eigenvalue weighted by Crippen LogP contribution is -2.11. The fourth-order valence-electron chi connectivity index (χ4n) is 2.47. The van der Waals surface area contributed by atoms with E-state index in [1.807, 2.05) is 12.1 Å². The van der Waals surface area contributed by atoms with Gasteiger partial charge in [-0.25, -0.2) is 8.42 Å². The Hall–Kier alpha value is -1.05. The molecule has 8 heteroatoms. The Morgan fingerprint density at radius 3 is 2.81 bits per heavy atom. The maximum Gasteiger partial charge on any atom is 0.152 e. The zero-order chi connectivity index (χ0) is 15.2. The van der Waals surface area contributed by atoms with Crippen molar-refractivity contribution in [1.29, 1.82) is 0 Å². The standard InChI is InChI=1S/C13H13BrClN3O2S/c14-8-1-2-10(11(15)5-8)13-12(16)6-18(17-13)9-3-4-21(19,20)7-9/h1-2,5-6,9H,3-4,7,16H2. The second-order valence-electron chi connectivity index (χ2n) is 5.09. The average Bonchev–Trinajstić information content (AvgIpc) is 2.93. The van der Waals surface area contributed by atoms with Crippen molar-refractivity contribution in [3.63, 3.8) is 0 Å². The Morgan fingerprint density at radius 1 is 1.43 bits per heavy atom. The molecule has 0 amide bonds. The van der Waals surface area contributed by atoms with Crippen molar-refractivity contribution >= 4 is 43.1 Å². The van der Waals surface area contributed by atoms with Crippen molar-refractivity contribution in [3.05, 3.63) is 33.9 Å². The Labute approximate surface area is 136 Å². The molecule has 2 N–H and O–H groups in total. The van der Waals surface area contributed by atoms with Gasteiger partial charge in [0.15, 0.2) is 9.84 Å². The predicted molar refractivity (Wildman–Crippen MR) is 87.1 cm³/mol. The second-order valence-corrected chi connectivity index (χ2v) is 8.65. The number of rotatable bonds is 2. The third kappa shape index (κ3) is 2.95. The lowest BCUT2D eigenvalue weighted by atomic mass is 10.1. The Morgan fingerprint density at radius 2 is 2.19 bits per heavy atom. The molecule has 1 fully saturated rings. The topological polar surface area (TPSA) is 78.0 Å². The number of halogens is 2. The van der Waals surface area contributed by atoms with E-state index in [0.717, 1.165) is 10.0 Å². The van der Waals surface area contributed by atoms with Gasteiger partial charge in [0.2, 0.25) is 0 Å². The van der Waals surface area contributed by atoms with E-state index in [-0.39, 0.29) is 17.5 Å². The molecule has 1 aliphatic heterocycles. The third-order valence-electron chi connectivity index (χ3n) is 3.53. The van der Waals surface area contributed by atoms with Crippen LogP contribution in [0.1, 0.15) is 12.5 Å². The van der Waals surface area contributed by atoms with Crippen molar-refractivity contribution in [2.24, 2.45) is 0 Å². The van der Waals surface area contributed by atoms with Gasteiger partial charge in [0.25, 0.3) is 0 Å². The maximum absolute atomic E-state index is 11.6. The zero-order valence-corrected chi connectivity index (χ0v) is 14.1. The van der Waals surface area contributed by atoms with E-state index in [2.05, 4.69) is 21.0 Å². The highest BCUT2D eigenvalue weighted by molar-refractivity contribution is 9.10. The minimum absolute atomic E-state index is 0.113. The molecular formula is C13H13BrClN3O2S. The number of anilines is 1. The first-order valence-electron chi connectivity index (χ1n) is 6.36. The number of benzene rings is 1. The number of nitrogens with two attached hydrogens (primary N) is 1. The highest BCUT2D eigenvalue weighted by Gasteiger charge is 2.30. The minimum atomic E-state index is -2.96. The lowest BCUT2D eigenvalue weighted by molar-refractivity contribution is 0.501. The van der Waals surface area contributed by atoms with Crippen LogP contribution in [0.4, 0.5) is 5.69 Å². The van der Waals surface area contributed by atoms with Crippen LogP contribution in [0.25, 0.3) is 11.3 Å². The molecule has 3 rings (SSSR count). The molecule has 21 heavy (non-hydrogen) atoms. The normalized spacial score (nSPS) is 20.8. The molecule has 1 unspecified atom stereocenters. The first-order valence-corrected chi connectivity index (χ1v) is 9.35. The summed E-state index contributed by atoms with van der Waals surface area (Å²) in [4.78, 5) is 0. The van der Waals surface area contributed by atoms with Gasteiger partial charge in [-0.3, -0.25) is 4.68 Å². The van der Waals surface area contributed by atoms with Gasteiger partial charge in [0.1, 0.15) is 5.69 Å². The van der Waals surface area contributed by atoms with Crippen LogP contribution in [-0.4, -0.2) is 29.7 Å². The quantitative estimate of drug-likeness (QED) is 0.855. The van der Waals surface area contributed by atoms with Crippen LogP contribution in [0.5, 0.6) is 0 Å². The molecule has 1 aromatic carbocycles. The lowest BCUT2D eigenvalue weighted by Gasteiger charge is -2.07. The summed E-state index contributed by atoms with van der Waals surface area (Å²) in [7, 11) is -2.96. The summed E-state index contributed by atoms with van der Waals surface area (Å²) < 4.78 is 25.7. The van der Waals surface area contributed by atoms with E-state index in [1.54, 1.807) is 16.9 Å². The summed E-state index contributed by atoms with van der Waals surface area (Å²) in [5.41, 5.74) is 7.82. The predicted octanol–water partition coefficient (Wildman–Crippen LogP) is 2.91. The van der Waals surface area contributed by atoms with Gasteiger partial charge < -0.3 is 5.73 Å². The summed E-state index contributed by atoms with van der Waals surface area (Å²) in [6.07, 6.45) is 2.25. The molecule has 0 radical (unpaired) electrons. The van der Waals surface area contributed by atoms with Crippen LogP contribution in [0.3, 0.4) is 0 Å². The van der Waals surface area contributed by atoms with Crippen LogP contribution in [0.2, 0.25) is 5.02 Å². The minimum Gasteiger partial charge on any atom is -0.396 e. The first kappa shape index (κ1) is 14.9. The summed E-state index contributed by atoms with van der Waals surface area (Å²) in [5, 5.41) is 4.99. The van der Waals surface area contributed by atoms with E-state index in [0.29, 0.717) is 22.8 Å². The summed E-state index contributed by atoms with van der Waals surface area (Å²) in [6.45, 7) is 0. The number of aromatic nitrogens is 2.